The first-order valence-corrected chi connectivity index (χ1v) is 7.79. The molecule has 1 N–H and O–H groups in total. The van der Waals surface area contributed by atoms with Gasteiger partial charge in [-0.15, -0.1) is 0 Å². The highest BCUT2D eigenvalue weighted by Crippen LogP contribution is 2.21. The summed E-state index contributed by atoms with van der Waals surface area (Å²) in [5, 5.41) is 3.65. The van der Waals surface area contributed by atoms with Gasteiger partial charge in [0.15, 0.2) is 13.2 Å². The minimum atomic E-state index is -0.648. The van der Waals surface area contributed by atoms with Crippen LogP contribution in [-0.4, -0.2) is 25.1 Å². The molecule has 0 fully saturated rings. The van der Waals surface area contributed by atoms with Gasteiger partial charge in [-0.25, -0.2) is 4.79 Å². The van der Waals surface area contributed by atoms with Crippen molar-refractivity contribution in [2.75, 3.05) is 18.5 Å². The fraction of sp³-hybridized carbons (Fsp3) is 0.176. The van der Waals surface area contributed by atoms with Gasteiger partial charge in [-0.05, 0) is 48.9 Å². The summed E-state index contributed by atoms with van der Waals surface area (Å²) in [4.78, 5) is 23.3. The van der Waals surface area contributed by atoms with E-state index >= 15 is 0 Å². The van der Waals surface area contributed by atoms with Crippen molar-refractivity contribution in [2.45, 2.75) is 6.92 Å². The third-order valence-electron chi connectivity index (χ3n) is 2.96. The van der Waals surface area contributed by atoms with Crippen molar-refractivity contribution in [3.63, 3.8) is 0 Å². The second kappa shape index (κ2) is 8.57. The van der Waals surface area contributed by atoms with Crippen molar-refractivity contribution in [3.8, 4) is 5.75 Å². The monoisotopic (exact) mass is 367 g/mol. The number of carbonyl (C=O) groups excluding carboxylic acids is 2. The number of benzene rings is 2. The molecular formula is C17H15Cl2NO4. The molecular weight excluding hydrogens is 353 g/mol. The Bertz CT molecular complexity index is 749. The molecule has 0 aliphatic carbocycles. The van der Waals surface area contributed by atoms with Crippen molar-refractivity contribution in [2.24, 2.45) is 0 Å². The molecule has 0 saturated carbocycles. The van der Waals surface area contributed by atoms with E-state index in [1.165, 1.54) is 0 Å². The van der Waals surface area contributed by atoms with Gasteiger partial charge in [0.25, 0.3) is 5.91 Å². The van der Waals surface area contributed by atoms with Crippen LogP contribution in [0.2, 0.25) is 10.0 Å². The highest BCUT2D eigenvalue weighted by molar-refractivity contribution is 6.31. The van der Waals surface area contributed by atoms with Gasteiger partial charge in [0.1, 0.15) is 5.75 Å². The molecule has 5 nitrogen and oxygen atoms in total. The molecule has 2 rings (SSSR count). The number of carbonyl (C=O) groups is 2. The maximum Gasteiger partial charge on any atom is 0.344 e. The quantitative estimate of drug-likeness (QED) is 0.787. The highest BCUT2D eigenvalue weighted by atomic mass is 35.5. The summed E-state index contributed by atoms with van der Waals surface area (Å²) >= 11 is 11.7. The van der Waals surface area contributed by atoms with E-state index in [2.05, 4.69) is 5.32 Å². The van der Waals surface area contributed by atoms with E-state index in [1.54, 1.807) is 42.5 Å². The number of esters is 1. The predicted molar refractivity (Wildman–Crippen MR) is 92.7 cm³/mol. The lowest BCUT2D eigenvalue weighted by Gasteiger charge is -2.10. The first-order valence-electron chi connectivity index (χ1n) is 7.04. The van der Waals surface area contributed by atoms with Crippen LogP contribution in [0.1, 0.15) is 5.56 Å². The molecule has 0 aliphatic heterocycles. The van der Waals surface area contributed by atoms with Crippen LogP contribution in [0, 0.1) is 6.92 Å². The Morgan fingerprint density at radius 2 is 1.79 bits per heavy atom. The third-order valence-corrected chi connectivity index (χ3v) is 3.43. The van der Waals surface area contributed by atoms with Crippen molar-refractivity contribution in [1.29, 1.82) is 0 Å². The van der Waals surface area contributed by atoms with Crippen molar-refractivity contribution in [3.05, 3.63) is 58.1 Å². The van der Waals surface area contributed by atoms with Crippen LogP contribution in [0.5, 0.6) is 5.75 Å². The van der Waals surface area contributed by atoms with Gasteiger partial charge in [-0.2, -0.15) is 0 Å². The fourth-order valence-electron chi connectivity index (χ4n) is 1.86. The van der Waals surface area contributed by atoms with E-state index in [-0.39, 0.29) is 6.61 Å². The zero-order valence-corrected chi connectivity index (χ0v) is 14.4. The van der Waals surface area contributed by atoms with Gasteiger partial charge in [0.05, 0.1) is 0 Å². The minimum absolute atomic E-state index is 0.299. The number of ether oxygens (including phenoxy) is 2. The van der Waals surface area contributed by atoms with E-state index in [0.717, 1.165) is 5.56 Å². The summed E-state index contributed by atoms with van der Waals surface area (Å²) in [5.74, 6) is -0.585. The van der Waals surface area contributed by atoms with Crippen LogP contribution in [0.15, 0.2) is 42.5 Å². The molecule has 0 spiro atoms. The molecule has 0 saturated heterocycles. The Morgan fingerprint density at radius 3 is 2.50 bits per heavy atom. The number of anilines is 1. The Morgan fingerprint density at radius 1 is 1.04 bits per heavy atom. The summed E-state index contributed by atoms with van der Waals surface area (Å²) in [6.07, 6.45) is 0. The standard InChI is InChI=1S/C17H15Cl2NO4/c1-11-7-13(19)5-6-15(11)23-10-17(22)24-9-16(21)20-14-4-2-3-12(18)8-14/h2-8H,9-10H2,1H3,(H,20,21). The first-order chi connectivity index (χ1) is 11.4. The largest absolute Gasteiger partial charge is 0.482 e. The van der Waals surface area contributed by atoms with Gasteiger partial charge in [-0.1, -0.05) is 29.3 Å². The molecule has 1 amide bonds. The smallest absolute Gasteiger partial charge is 0.344 e. The van der Waals surface area contributed by atoms with Gasteiger partial charge < -0.3 is 14.8 Å². The van der Waals surface area contributed by atoms with Crippen LogP contribution < -0.4 is 10.1 Å². The zero-order valence-electron chi connectivity index (χ0n) is 12.8. The minimum Gasteiger partial charge on any atom is -0.482 e. The predicted octanol–water partition coefficient (Wildman–Crippen LogP) is 3.86. The first kappa shape index (κ1) is 18.1. The SMILES string of the molecule is Cc1cc(Cl)ccc1OCC(=O)OCC(=O)Nc1cccc(Cl)c1. The lowest BCUT2D eigenvalue weighted by Crippen LogP contribution is -2.23. The normalized spacial score (nSPS) is 10.1. The number of halogens is 2. The topological polar surface area (TPSA) is 64.6 Å². The fourth-order valence-corrected chi connectivity index (χ4v) is 2.28. The molecule has 0 heterocycles. The number of rotatable bonds is 6. The second-order valence-corrected chi connectivity index (χ2v) is 5.79. The Kier molecular flexibility index (Phi) is 6.46. The molecule has 0 atom stereocenters. The number of hydrogen-bond donors (Lipinski definition) is 1. The van der Waals surface area contributed by atoms with Crippen LogP contribution in [0.3, 0.4) is 0 Å². The number of hydrogen-bond acceptors (Lipinski definition) is 4. The third kappa shape index (κ3) is 5.76. The molecule has 0 unspecified atom stereocenters. The molecule has 7 heteroatoms. The molecule has 0 aliphatic rings. The van der Waals surface area contributed by atoms with Crippen molar-refractivity contribution >= 4 is 40.8 Å². The number of amides is 1. The van der Waals surface area contributed by atoms with Crippen LogP contribution in [-0.2, 0) is 14.3 Å². The average molecular weight is 368 g/mol. The summed E-state index contributed by atoms with van der Waals surface area (Å²) in [5.41, 5.74) is 1.32. The molecule has 0 radical (unpaired) electrons. The van der Waals surface area contributed by atoms with Gasteiger partial charge in [-0.3, -0.25) is 4.79 Å². The second-order valence-electron chi connectivity index (χ2n) is 4.92. The molecule has 0 bridgehead atoms. The molecule has 0 aromatic heterocycles. The summed E-state index contributed by atoms with van der Waals surface area (Å²) in [6, 6.07) is 11.7. The van der Waals surface area contributed by atoms with Crippen LogP contribution in [0.25, 0.3) is 0 Å². The van der Waals surface area contributed by atoms with E-state index in [1.807, 2.05) is 6.92 Å². The Labute approximate surface area is 149 Å². The zero-order chi connectivity index (χ0) is 17.5. The van der Waals surface area contributed by atoms with Crippen molar-refractivity contribution in [1.82, 2.24) is 0 Å². The van der Waals surface area contributed by atoms with E-state index in [9.17, 15) is 9.59 Å². The summed E-state index contributed by atoms with van der Waals surface area (Å²) < 4.78 is 10.2. The van der Waals surface area contributed by atoms with Gasteiger partial charge in [0.2, 0.25) is 0 Å². The lowest BCUT2D eigenvalue weighted by molar-refractivity contribution is -0.149. The van der Waals surface area contributed by atoms with E-state index < -0.39 is 18.5 Å². The van der Waals surface area contributed by atoms with E-state index in [0.29, 0.717) is 21.5 Å². The molecule has 126 valence electrons. The van der Waals surface area contributed by atoms with Crippen molar-refractivity contribution < 1.29 is 19.1 Å². The van der Waals surface area contributed by atoms with E-state index in [4.69, 9.17) is 32.7 Å². The van der Waals surface area contributed by atoms with Crippen LogP contribution >= 0.6 is 23.2 Å². The lowest BCUT2D eigenvalue weighted by atomic mass is 10.2. The molecule has 24 heavy (non-hydrogen) atoms. The van der Waals surface area contributed by atoms with Crippen LogP contribution in [0.4, 0.5) is 5.69 Å². The van der Waals surface area contributed by atoms with Gasteiger partial charge >= 0.3 is 5.97 Å². The maximum atomic E-state index is 11.7. The molecule has 2 aromatic rings. The summed E-state index contributed by atoms with van der Waals surface area (Å²) in [6.45, 7) is 1.10. The number of aryl methyl sites for hydroxylation is 1. The molecule has 2 aromatic carbocycles. The highest BCUT2D eigenvalue weighted by Gasteiger charge is 2.10. The number of nitrogens with one attached hydrogen (secondary N) is 1. The Hall–Kier alpha value is -2.24. The van der Waals surface area contributed by atoms with Gasteiger partial charge in [0, 0.05) is 15.7 Å². The average Bonchev–Trinajstić information content (AvgIpc) is 2.52. The Balaban J connectivity index is 1.75. The maximum absolute atomic E-state index is 11.7. The summed E-state index contributed by atoms with van der Waals surface area (Å²) in [7, 11) is 0.